The molecule has 1 fully saturated rings. The zero-order valence-electron chi connectivity index (χ0n) is 14.3. The van der Waals surface area contributed by atoms with E-state index in [1.165, 1.54) is 0 Å². The highest BCUT2D eigenvalue weighted by Crippen LogP contribution is 2.18. The molecule has 0 aliphatic carbocycles. The van der Waals surface area contributed by atoms with Crippen LogP contribution in [0.3, 0.4) is 0 Å². The standard InChI is InChI=1S/C18H23N5O2/c1-2-20-17(24)14-7-3-4-8-15(14)21-18(25)16-9-11-23(22-16)13-6-5-10-19-12-13/h3-4,7-9,11,13,19H,2,5-6,10,12H2,1H3,(H,20,24)(H,21,25). The third-order valence-electron chi connectivity index (χ3n) is 4.24. The molecule has 132 valence electrons. The third kappa shape index (κ3) is 4.06. The Morgan fingerprint density at radius 2 is 2.12 bits per heavy atom. The monoisotopic (exact) mass is 341 g/mol. The molecule has 2 heterocycles. The van der Waals surface area contributed by atoms with Gasteiger partial charge in [-0.05, 0) is 44.5 Å². The molecule has 2 aromatic rings. The molecule has 3 rings (SSSR count). The van der Waals surface area contributed by atoms with Crippen LogP contribution < -0.4 is 16.0 Å². The molecule has 0 spiro atoms. The van der Waals surface area contributed by atoms with Crippen LogP contribution in [0.5, 0.6) is 0 Å². The number of rotatable bonds is 5. The molecule has 1 unspecified atom stereocenters. The van der Waals surface area contributed by atoms with Gasteiger partial charge in [-0.25, -0.2) is 0 Å². The van der Waals surface area contributed by atoms with Crippen LogP contribution in [-0.2, 0) is 0 Å². The number of amides is 2. The molecule has 3 N–H and O–H groups in total. The number of hydrogen-bond acceptors (Lipinski definition) is 4. The third-order valence-corrected chi connectivity index (χ3v) is 4.24. The number of carbonyl (C=O) groups is 2. The van der Waals surface area contributed by atoms with Crippen molar-refractivity contribution in [3.05, 3.63) is 47.8 Å². The molecule has 25 heavy (non-hydrogen) atoms. The maximum Gasteiger partial charge on any atom is 0.276 e. The maximum atomic E-state index is 12.5. The summed E-state index contributed by atoms with van der Waals surface area (Å²) in [6.45, 7) is 4.28. The fraction of sp³-hybridized carbons (Fsp3) is 0.389. The van der Waals surface area contributed by atoms with Crippen LogP contribution in [0.1, 0.15) is 46.7 Å². The van der Waals surface area contributed by atoms with Gasteiger partial charge >= 0.3 is 0 Å². The van der Waals surface area contributed by atoms with Crippen LogP contribution >= 0.6 is 0 Å². The maximum absolute atomic E-state index is 12.5. The highest BCUT2D eigenvalue weighted by atomic mass is 16.2. The fourth-order valence-corrected chi connectivity index (χ4v) is 2.95. The molecular weight excluding hydrogens is 318 g/mol. The molecule has 1 aromatic heterocycles. The summed E-state index contributed by atoms with van der Waals surface area (Å²) in [5.74, 6) is -0.531. The van der Waals surface area contributed by atoms with Crippen LogP contribution in [-0.4, -0.2) is 41.2 Å². The second-order valence-electron chi connectivity index (χ2n) is 6.04. The van der Waals surface area contributed by atoms with Gasteiger partial charge in [0.25, 0.3) is 11.8 Å². The van der Waals surface area contributed by atoms with E-state index < -0.39 is 0 Å². The number of anilines is 1. The zero-order valence-corrected chi connectivity index (χ0v) is 14.3. The first-order chi connectivity index (χ1) is 12.2. The van der Waals surface area contributed by atoms with Gasteiger partial charge in [0.15, 0.2) is 5.69 Å². The predicted octanol–water partition coefficient (Wildman–Crippen LogP) is 1.81. The van der Waals surface area contributed by atoms with Gasteiger partial charge in [0.2, 0.25) is 0 Å². The molecule has 0 bridgehead atoms. The van der Waals surface area contributed by atoms with Crippen molar-refractivity contribution in [2.75, 3.05) is 25.0 Å². The Morgan fingerprint density at radius 1 is 1.28 bits per heavy atom. The smallest absolute Gasteiger partial charge is 0.276 e. The normalized spacial score (nSPS) is 17.1. The summed E-state index contributed by atoms with van der Waals surface area (Å²) in [5, 5.41) is 13.3. The lowest BCUT2D eigenvalue weighted by atomic mass is 10.1. The van der Waals surface area contributed by atoms with Gasteiger partial charge in [0.05, 0.1) is 17.3 Å². The van der Waals surface area contributed by atoms with Crippen molar-refractivity contribution in [2.24, 2.45) is 0 Å². The van der Waals surface area contributed by atoms with E-state index in [9.17, 15) is 9.59 Å². The summed E-state index contributed by atoms with van der Waals surface area (Å²) >= 11 is 0. The average Bonchev–Trinajstić information content (AvgIpc) is 3.13. The first-order valence-corrected chi connectivity index (χ1v) is 8.63. The number of aromatic nitrogens is 2. The average molecular weight is 341 g/mol. The molecule has 2 amide bonds. The molecule has 1 atom stereocenters. The van der Waals surface area contributed by atoms with Crippen molar-refractivity contribution >= 4 is 17.5 Å². The number of nitrogens with one attached hydrogen (secondary N) is 3. The second-order valence-corrected chi connectivity index (χ2v) is 6.04. The second kappa shape index (κ2) is 7.94. The first kappa shape index (κ1) is 17.2. The molecule has 1 saturated heterocycles. The van der Waals surface area contributed by atoms with E-state index in [1.54, 1.807) is 30.3 Å². The minimum Gasteiger partial charge on any atom is -0.352 e. The Bertz CT molecular complexity index is 749. The summed E-state index contributed by atoms with van der Waals surface area (Å²) < 4.78 is 1.84. The number of benzene rings is 1. The van der Waals surface area contributed by atoms with Crippen LogP contribution in [0.15, 0.2) is 36.5 Å². The van der Waals surface area contributed by atoms with E-state index in [4.69, 9.17) is 0 Å². The van der Waals surface area contributed by atoms with Gasteiger partial charge in [0.1, 0.15) is 0 Å². The largest absolute Gasteiger partial charge is 0.352 e. The number of para-hydroxylation sites is 1. The molecule has 1 aromatic carbocycles. The fourth-order valence-electron chi connectivity index (χ4n) is 2.95. The van der Waals surface area contributed by atoms with Crippen molar-refractivity contribution in [3.63, 3.8) is 0 Å². The summed E-state index contributed by atoms with van der Waals surface area (Å²) in [6.07, 6.45) is 3.99. The molecule has 7 heteroatoms. The van der Waals surface area contributed by atoms with E-state index in [1.807, 2.05) is 17.8 Å². The molecule has 1 aliphatic heterocycles. The van der Waals surface area contributed by atoms with Crippen LogP contribution in [0.25, 0.3) is 0 Å². The Balaban J connectivity index is 1.72. The summed E-state index contributed by atoms with van der Waals surface area (Å²) in [5.41, 5.74) is 1.26. The lowest BCUT2D eigenvalue weighted by Gasteiger charge is -2.22. The number of nitrogens with zero attached hydrogens (tertiary/aromatic N) is 2. The van der Waals surface area contributed by atoms with Gasteiger partial charge in [0, 0.05) is 19.3 Å². The minimum absolute atomic E-state index is 0.211. The lowest BCUT2D eigenvalue weighted by Crippen LogP contribution is -2.32. The topological polar surface area (TPSA) is 88.0 Å². The van der Waals surface area contributed by atoms with Gasteiger partial charge in [-0.1, -0.05) is 12.1 Å². The minimum atomic E-state index is -0.320. The van der Waals surface area contributed by atoms with Crippen LogP contribution in [0, 0.1) is 0 Å². The molecular formula is C18H23N5O2. The Kier molecular flexibility index (Phi) is 5.45. The van der Waals surface area contributed by atoms with E-state index in [0.717, 1.165) is 25.9 Å². The number of piperidine rings is 1. The molecule has 0 radical (unpaired) electrons. The van der Waals surface area contributed by atoms with E-state index >= 15 is 0 Å². The van der Waals surface area contributed by atoms with E-state index in [0.29, 0.717) is 23.5 Å². The molecule has 1 aliphatic rings. The van der Waals surface area contributed by atoms with Gasteiger partial charge in [-0.2, -0.15) is 5.10 Å². The van der Waals surface area contributed by atoms with E-state index in [-0.39, 0.29) is 17.9 Å². The van der Waals surface area contributed by atoms with Crippen molar-refractivity contribution < 1.29 is 9.59 Å². The zero-order chi connectivity index (χ0) is 17.6. The van der Waals surface area contributed by atoms with Crippen molar-refractivity contribution in [2.45, 2.75) is 25.8 Å². The predicted molar refractivity (Wildman–Crippen MR) is 95.8 cm³/mol. The Labute approximate surface area is 146 Å². The van der Waals surface area contributed by atoms with Crippen LogP contribution in [0.2, 0.25) is 0 Å². The summed E-state index contributed by atoms with van der Waals surface area (Å²) in [6, 6.07) is 8.93. The SMILES string of the molecule is CCNC(=O)c1ccccc1NC(=O)c1ccn(C2CCCNC2)n1. The summed E-state index contributed by atoms with van der Waals surface area (Å²) in [7, 11) is 0. The number of hydrogen-bond donors (Lipinski definition) is 3. The highest BCUT2D eigenvalue weighted by Gasteiger charge is 2.19. The van der Waals surface area contributed by atoms with Gasteiger partial charge < -0.3 is 16.0 Å². The van der Waals surface area contributed by atoms with Gasteiger partial charge in [-0.15, -0.1) is 0 Å². The number of carbonyl (C=O) groups excluding carboxylic acids is 2. The van der Waals surface area contributed by atoms with Crippen molar-refractivity contribution in [3.8, 4) is 0 Å². The Morgan fingerprint density at radius 3 is 2.88 bits per heavy atom. The first-order valence-electron chi connectivity index (χ1n) is 8.63. The lowest BCUT2D eigenvalue weighted by molar-refractivity contribution is 0.0956. The molecule has 0 saturated carbocycles. The quantitative estimate of drug-likeness (QED) is 0.774. The Hall–Kier alpha value is -2.67. The highest BCUT2D eigenvalue weighted by molar-refractivity contribution is 6.08. The van der Waals surface area contributed by atoms with Crippen molar-refractivity contribution in [1.29, 1.82) is 0 Å². The van der Waals surface area contributed by atoms with Gasteiger partial charge in [-0.3, -0.25) is 14.3 Å². The van der Waals surface area contributed by atoms with Crippen molar-refractivity contribution in [1.82, 2.24) is 20.4 Å². The van der Waals surface area contributed by atoms with E-state index in [2.05, 4.69) is 21.0 Å². The summed E-state index contributed by atoms with van der Waals surface area (Å²) in [4.78, 5) is 24.6. The van der Waals surface area contributed by atoms with Crippen LogP contribution in [0.4, 0.5) is 5.69 Å². The molecule has 7 nitrogen and oxygen atoms in total.